The summed E-state index contributed by atoms with van der Waals surface area (Å²) < 4.78 is 51.5. The number of hydrogen-bond acceptors (Lipinski definition) is 5. The fraction of sp³-hybridized carbons (Fsp3) is 0.136. The van der Waals surface area contributed by atoms with Gasteiger partial charge in [0, 0.05) is 11.8 Å². The van der Waals surface area contributed by atoms with Crippen molar-refractivity contribution in [1.29, 1.82) is 0 Å². The highest BCUT2D eigenvalue weighted by atomic mass is 32.2. The monoisotopic (exact) mass is 444 g/mol. The van der Waals surface area contributed by atoms with Crippen LogP contribution in [-0.4, -0.2) is 35.1 Å². The van der Waals surface area contributed by atoms with Crippen LogP contribution in [0.1, 0.15) is 0 Å². The number of hydrogen-bond donors (Lipinski definition) is 1. The molecule has 0 radical (unpaired) electrons. The quantitative estimate of drug-likeness (QED) is 0.573. The lowest BCUT2D eigenvalue weighted by Gasteiger charge is -2.25. The Labute approximate surface area is 180 Å². The Kier molecular flexibility index (Phi) is 6.76. The van der Waals surface area contributed by atoms with Crippen molar-refractivity contribution in [2.45, 2.75) is 4.90 Å². The topological polar surface area (TPSA) is 84.9 Å². The van der Waals surface area contributed by atoms with E-state index in [0.29, 0.717) is 11.5 Å². The molecule has 3 aromatic rings. The van der Waals surface area contributed by atoms with Gasteiger partial charge in [0.2, 0.25) is 5.91 Å². The van der Waals surface area contributed by atoms with E-state index in [1.54, 1.807) is 24.3 Å². The number of nitrogens with one attached hydrogen (secondary N) is 1. The molecule has 3 aromatic carbocycles. The summed E-state index contributed by atoms with van der Waals surface area (Å²) in [6.07, 6.45) is 0. The molecule has 31 heavy (non-hydrogen) atoms. The van der Waals surface area contributed by atoms with Gasteiger partial charge in [-0.2, -0.15) is 0 Å². The minimum absolute atomic E-state index is 0.0170. The molecule has 9 heteroatoms. The molecule has 0 aliphatic heterocycles. The zero-order valence-corrected chi connectivity index (χ0v) is 17.7. The Hall–Kier alpha value is -3.59. The zero-order chi connectivity index (χ0) is 22.4. The predicted octanol–water partition coefficient (Wildman–Crippen LogP) is 3.68. The van der Waals surface area contributed by atoms with Gasteiger partial charge in [-0.05, 0) is 42.5 Å². The molecule has 3 rings (SSSR count). The van der Waals surface area contributed by atoms with Crippen LogP contribution in [0.5, 0.6) is 11.5 Å². The summed E-state index contributed by atoms with van der Waals surface area (Å²) in [6.45, 7) is -0.538. The highest BCUT2D eigenvalue weighted by molar-refractivity contribution is 7.92. The van der Waals surface area contributed by atoms with Crippen molar-refractivity contribution >= 4 is 27.3 Å². The average molecular weight is 444 g/mol. The first-order chi connectivity index (χ1) is 14.8. The van der Waals surface area contributed by atoms with Gasteiger partial charge in [0.1, 0.15) is 12.4 Å². The van der Waals surface area contributed by atoms with Crippen molar-refractivity contribution in [3.63, 3.8) is 0 Å². The lowest BCUT2D eigenvalue weighted by Crippen LogP contribution is -2.38. The smallest absolute Gasteiger partial charge is 0.264 e. The summed E-state index contributed by atoms with van der Waals surface area (Å²) >= 11 is 0. The Morgan fingerprint density at radius 1 is 0.935 bits per heavy atom. The number of amides is 1. The van der Waals surface area contributed by atoms with Crippen LogP contribution in [0.2, 0.25) is 0 Å². The van der Waals surface area contributed by atoms with Crippen molar-refractivity contribution in [3.05, 3.63) is 78.6 Å². The summed E-state index contributed by atoms with van der Waals surface area (Å²) in [5.41, 5.74) is 0.422. The molecule has 0 fully saturated rings. The molecular weight excluding hydrogens is 423 g/mol. The van der Waals surface area contributed by atoms with Gasteiger partial charge >= 0.3 is 0 Å². The number of benzene rings is 3. The molecular formula is C22H21FN2O5S. The summed E-state index contributed by atoms with van der Waals surface area (Å²) in [5.74, 6) is -0.447. The molecule has 0 spiro atoms. The number of rotatable bonds is 8. The molecule has 162 valence electrons. The number of nitrogens with zero attached hydrogens (tertiary/aromatic N) is 1. The molecule has 0 saturated heterocycles. The van der Waals surface area contributed by atoms with Gasteiger partial charge in [-0.15, -0.1) is 0 Å². The second kappa shape index (κ2) is 9.48. The largest absolute Gasteiger partial charge is 0.493 e. The van der Waals surface area contributed by atoms with E-state index in [0.717, 1.165) is 10.4 Å². The number of sulfonamides is 1. The molecule has 0 aliphatic rings. The maximum Gasteiger partial charge on any atom is 0.264 e. The van der Waals surface area contributed by atoms with E-state index in [9.17, 15) is 17.6 Å². The van der Waals surface area contributed by atoms with Gasteiger partial charge in [-0.25, -0.2) is 12.8 Å². The van der Waals surface area contributed by atoms with Gasteiger partial charge in [-0.1, -0.05) is 24.3 Å². The van der Waals surface area contributed by atoms with E-state index in [-0.39, 0.29) is 16.3 Å². The molecule has 0 saturated carbocycles. The van der Waals surface area contributed by atoms with Crippen molar-refractivity contribution < 1.29 is 27.1 Å². The number of ether oxygens (including phenoxy) is 2. The minimum atomic E-state index is -4.09. The molecule has 0 atom stereocenters. The maximum atomic E-state index is 13.4. The van der Waals surface area contributed by atoms with E-state index in [1.165, 1.54) is 56.7 Å². The van der Waals surface area contributed by atoms with Crippen LogP contribution < -0.4 is 19.1 Å². The van der Waals surface area contributed by atoms with Crippen LogP contribution in [0.15, 0.2) is 77.7 Å². The number of carbonyl (C=O) groups excluding carboxylic acids is 1. The third-order valence-corrected chi connectivity index (χ3v) is 6.17. The Morgan fingerprint density at radius 3 is 2.29 bits per heavy atom. The average Bonchev–Trinajstić information content (AvgIpc) is 2.77. The third kappa shape index (κ3) is 5.13. The number of anilines is 2. The fourth-order valence-electron chi connectivity index (χ4n) is 2.91. The number of halogens is 1. The first-order valence-corrected chi connectivity index (χ1v) is 10.6. The Bertz CT molecular complexity index is 1170. The third-order valence-electron chi connectivity index (χ3n) is 4.38. The van der Waals surface area contributed by atoms with Gasteiger partial charge in [0.25, 0.3) is 10.0 Å². The highest BCUT2D eigenvalue weighted by Gasteiger charge is 2.28. The van der Waals surface area contributed by atoms with Crippen molar-refractivity contribution in [2.24, 2.45) is 0 Å². The van der Waals surface area contributed by atoms with Crippen LogP contribution >= 0.6 is 0 Å². The predicted molar refractivity (Wildman–Crippen MR) is 116 cm³/mol. The van der Waals surface area contributed by atoms with Crippen LogP contribution in [0, 0.1) is 5.82 Å². The van der Waals surface area contributed by atoms with Gasteiger partial charge in [0.05, 0.1) is 24.8 Å². The molecule has 0 bridgehead atoms. The van der Waals surface area contributed by atoms with Crippen LogP contribution in [0.4, 0.5) is 15.8 Å². The molecule has 1 amide bonds. The van der Waals surface area contributed by atoms with Gasteiger partial charge in [-0.3, -0.25) is 9.10 Å². The molecule has 0 aromatic heterocycles. The first kappa shape index (κ1) is 22.1. The molecule has 0 unspecified atom stereocenters. The lowest BCUT2D eigenvalue weighted by atomic mass is 10.2. The number of carbonyl (C=O) groups is 1. The van der Waals surface area contributed by atoms with E-state index >= 15 is 0 Å². The number of methoxy groups -OCH3 is 2. The standard InChI is InChI=1S/C22H21FN2O5S/c1-29-20-12-11-18(14-21(20)30-2)25(31(27,28)19-9-4-3-5-10-19)15-22(26)24-17-8-6-7-16(23)13-17/h3-14H,15H2,1-2H3,(H,24,26). The SMILES string of the molecule is COc1ccc(N(CC(=O)Nc2cccc(F)c2)S(=O)(=O)c2ccccc2)cc1OC. The summed E-state index contributed by atoms with van der Waals surface area (Å²) in [6, 6.07) is 17.6. The van der Waals surface area contributed by atoms with E-state index in [1.807, 2.05) is 0 Å². The van der Waals surface area contributed by atoms with Crippen LogP contribution in [0.3, 0.4) is 0 Å². The second-order valence-corrected chi connectivity index (χ2v) is 8.28. The van der Waals surface area contributed by atoms with Crippen LogP contribution in [-0.2, 0) is 14.8 Å². The highest BCUT2D eigenvalue weighted by Crippen LogP contribution is 2.33. The molecule has 1 N–H and O–H groups in total. The summed E-state index contributed by atoms with van der Waals surface area (Å²) in [5, 5.41) is 2.52. The second-order valence-electron chi connectivity index (χ2n) is 6.42. The lowest BCUT2D eigenvalue weighted by molar-refractivity contribution is -0.114. The Morgan fingerprint density at radius 2 is 1.65 bits per heavy atom. The van der Waals surface area contributed by atoms with Crippen molar-refractivity contribution in [2.75, 3.05) is 30.4 Å². The maximum absolute atomic E-state index is 13.4. The van der Waals surface area contributed by atoms with Crippen LogP contribution in [0.25, 0.3) is 0 Å². The Balaban J connectivity index is 1.99. The van der Waals surface area contributed by atoms with E-state index in [2.05, 4.69) is 5.32 Å². The fourth-order valence-corrected chi connectivity index (χ4v) is 4.35. The normalized spacial score (nSPS) is 10.9. The molecule has 0 aliphatic carbocycles. The van der Waals surface area contributed by atoms with Gasteiger partial charge in [0.15, 0.2) is 11.5 Å². The van der Waals surface area contributed by atoms with Gasteiger partial charge < -0.3 is 14.8 Å². The molecule has 7 nitrogen and oxygen atoms in total. The van der Waals surface area contributed by atoms with Crippen molar-refractivity contribution in [3.8, 4) is 11.5 Å². The first-order valence-electron chi connectivity index (χ1n) is 9.20. The van der Waals surface area contributed by atoms with E-state index < -0.39 is 28.3 Å². The summed E-state index contributed by atoms with van der Waals surface area (Å²) in [4.78, 5) is 12.7. The minimum Gasteiger partial charge on any atom is -0.493 e. The summed E-state index contributed by atoms with van der Waals surface area (Å²) in [7, 11) is -1.21. The van der Waals surface area contributed by atoms with Crippen molar-refractivity contribution in [1.82, 2.24) is 0 Å². The molecule has 0 heterocycles. The van der Waals surface area contributed by atoms with E-state index in [4.69, 9.17) is 9.47 Å². The zero-order valence-electron chi connectivity index (χ0n) is 16.9.